The summed E-state index contributed by atoms with van der Waals surface area (Å²) in [5, 5.41) is 0. The van der Waals surface area contributed by atoms with Crippen LogP contribution in [0, 0.1) is 0 Å². The summed E-state index contributed by atoms with van der Waals surface area (Å²) in [6, 6.07) is 3.63. The van der Waals surface area contributed by atoms with E-state index in [1.165, 1.54) is 6.92 Å². The summed E-state index contributed by atoms with van der Waals surface area (Å²) in [6.45, 7) is 2.74. The molecule has 15 heavy (non-hydrogen) atoms. The first-order valence-corrected chi connectivity index (χ1v) is 5.58. The maximum atomic E-state index is 11.5. The highest BCUT2D eigenvalue weighted by Gasteiger charge is 2.20. The summed E-state index contributed by atoms with van der Waals surface area (Å²) in [5.41, 5.74) is 0.564. The molecule has 1 aromatic rings. The van der Waals surface area contributed by atoms with Crippen LogP contribution in [0.2, 0.25) is 0 Å². The molecule has 0 spiro atoms. The van der Waals surface area contributed by atoms with Gasteiger partial charge in [-0.05, 0) is 35.0 Å². The lowest BCUT2D eigenvalue weighted by molar-refractivity contribution is 0.101. The molecule has 1 aromatic carbocycles. The minimum Gasteiger partial charge on any atom is -0.490 e. The van der Waals surface area contributed by atoms with E-state index in [9.17, 15) is 4.79 Å². The van der Waals surface area contributed by atoms with E-state index in [1.54, 1.807) is 0 Å². The largest absolute Gasteiger partial charge is 0.490 e. The smallest absolute Gasteiger partial charge is 0.173 e. The van der Waals surface area contributed by atoms with Crippen molar-refractivity contribution in [1.82, 2.24) is 0 Å². The van der Waals surface area contributed by atoms with E-state index in [0.717, 1.165) is 10.9 Å². The van der Waals surface area contributed by atoms with Crippen molar-refractivity contribution < 1.29 is 14.3 Å². The number of halogens is 1. The van der Waals surface area contributed by atoms with Crippen molar-refractivity contribution in [3.8, 4) is 11.5 Å². The van der Waals surface area contributed by atoms with Crippen molar-refractivity contribution >= 4 is 21.7 Å². The molecule has 1 heterocycles. The molecule has 2 rings (SSSR count). The second-order valence-electron chi connectivity index (χ2n) is 3.36. The zero-order valence-corrected chi connectivity index (χ0v) is 9.96. The normalized spacial score (nSPS) is 14.5. The topological polar surface area (TPSA) is 35.5 Å². The SMILES string of the molecule is CC(=O)c1c(Br)ccc2c1OCCCO2. The fraction of sp³-hybridized carbons (Fsp3) is 0.364. The zero-order valence-electron chi connectivity index (χ0n) is 8.38. The van der Waals surface area contributed by atoms with Gasteiger partial charge in [-0.3, -0.25) is 4.79 Å². The standard InChI is InChI=1S/C11H11BrO3/c1-7(13)10-8(12)3-4-9-11(10)15-6-2-5-14-9/h3-4H,2,5-6H2,1H3. The van der Waals surface area contributed by atoms with Crippen molar-refractivity contribution in [3.63, 3.8) is 0 Å². The van der Waals surface area contributed by atoms with Crippen LogP contribution in [0.1, 0.15) is 23.7 Å². The summed E-state index contributed by atoms with van der Waals surface area (Å²) >= 11 is 3.35. The molecule has 0 aromatic heterocycles. The van der Waals surface area contributed by atoms with E-state index in [4.69, 9.17) is 9.47 Å². The van der Waals surface area contributed by atoms with Crippen molar-refractivity contribution in [2.45, 2.75) is 13.3 Å². The summed E-state index contributed by atoms with van der Waals surface area (Å²) in [4.78, 5) is 11.5. The van der Waals surface area contributed by atoms with Gasteiger partial charge >= 0.3 is 0 Å². The Labute approximate surface area is 96.5 Å². The predicted octanol–water partition coefficient (Wildman–Crippen LogP) is 2.81. The Kier molecular flexibility index (Phi) is 2.95. The summed E-state index contributed by atoms with van der Waals surface area (Å²) < 4.78 is 11.8. The first-order chi connectivity index (χ1) is 7.20. The monoisotopic (exact) mass is 270 g/mol. The number of hydrogen-bond donors (Lipinski definition) is 0. The molecule has 0 fully saturated rings. The van der Waals surface area contributed by atoms with Gasteiger partial charge in [-0.1, -0.05) is 0 Å². The zero-order chi connectivity index (χ0) is 10.8. The average molecular weight is 271 g/mol. The van der Waals surface area contributed by atoms with Crippen LogP contribution in [0.3, 0.4) is 0 Å². The van der Waals surface area contributed by atoms with Gasteiger partial charge < -0.3 is 9.47 Å². The Morgan fingerprint density at radius 2 is 2.07 bits per heavy atom. The summed E-state index contributed by atoms with van der Waals surface area (Å²) in [5.74, 6) is 1.19. The molecular weight excluding hydrogens is 260 g/mol. The molecule has 0 amide bonds. The van der Waals surface area contributed by atoms with Gasteiger partial charge in [0.15, 0.2) is 17.3 Å². The van der Waals surface area contributed by atoms with Crippen molar-refractivity contribution in [2.24, 2.45) is 0 Å². The molecule has 3 nitrogen and oxygen atoms in total. The minimum atomic E-state index is -0.0239. The second kappa shape index (κ2) is 4.23. The molecule has 0 saturated carbocycles. The van der Waals surface area contributed by atoms with Gasteiger partial charge in [-0.15, -0.1) is 0 Å². The average Bonchev–Trinajstić information content (AvgIpc) is 2.41. The van der Waals surface area contributed by atoms with Gasteiger partial charge in [0.25, 0.3) is 0 Å². The molecule has 0 N–H and O–H groups in total. The van der Waals surface area contributed by atoms with E-state index < -0.39 is 0 Å². The molecule has 0 unspecified atom stereocenters. The molecule has 1 aliphatic heterocycles. The maximum absolute atomic E-state index is 11.5. The van der Waals surface area contributed by atoms with Crippen LogP contribution in [0.5, 0.6) is 11.5 Å². The van der Waals surface area contributed by atoms with Gasteiger partial charge in [0, 0.05) is 10.9 Å². The van der Waals surface area contributed by atoms with E-state index in [0.29, 0.717) is 30.3 Å². The molecule has 0 radical (unpaired) electrons. The number of rotatable bonds is 1. The van der Waals surface area contributed by atoms with Crippen LogP contribution in [-0.4, -0.2) is 19.0 Å². The number of ether oxygens (including phenoxy) is 2. The molecule has 0 atom stereocenters. The molecule has 1 aliphatic rings. The summed E-state index contributed by atoms with van der Waals surface area (Å²) in [6.07, 6.45) is 0.837. The molecule has 0 bridgehead atoms. The van der Waals surface area contributed by atoms with E-state index in [1.807, 2.05) is 12.1 Å². The number of carbonyl (C=O) groups excluding carboxylic acids is 1. The lowest BCUT2D eigenvalue weighted by atomic mass is 10.1. The third-order valence-corrected chi connectivity index (χ3v) is 2.88. The Morgan fingerprint density at radius 3 is 2.80 bits per heavy atom. The number of fused-ring (bicyclic) bond motifs is 1. The predicted molar refractivity (Wildman–Crippen MR) is 59.8 cm³/mol. The second-order valence-corrected chi connectivity index (χ2v) is 4.21. The molecule has 80 valence electrons. The van der Waals surface area contributed by atoms with Gasteiger partial charge in [-0.2, -0.15) is 0 Å². The first-order valence-electron chi connectivity index (χ1n) is 4.79. The van der Waals surface area contributed by atoms with Gasteiger partial charge in [0.1, 0.15) is 0 Å². The van der Waals surface area contributed by atoms with Crippen molar-refractivity contribution in [2.75, 3.05) is 13.2 Å². The molecule has 0 saturated heterocycles. The Hall–Kier alpha value is -1.03. The Bertz CT molecular complexity index is 401. The van der Waals surface area contributed by atoms with Crippen LogP contribution >= 0.6 is 15.9 Å². The third-order valence-electron chi connectivity index (χ3n) is 2.22. The first kappa shape index (κ1) is 10.5. The highest BCUT2D eigenvalue weighted by atomic mass is 79.9. The van der Waals surface area contributed by atoms with E-state index in [-0.39, 0.29) is 5.78 Å². The number of benzene rings is 1. The van der Waals surface area contributed by atoms with Crippen LogP contribution in [-0.2, 0) is 0 Å². The highest BCUT2D eigenvalue weighted by molar-refractivity contribution is 9.10. The van der Waals surface area contributed by atoms with E-state index in [2.05, 4.69) is 15.9 Å². The number of ketones is 1. The van der Waals surface area contributed by atoms with E-state index >= 15 is 0 Å². The quantitative estimate of drug-likeness (QED) is 0.737. The van der Waals surface area contributed by atoms with Gasteiger partial charge in [-0.25, -0.2) is 0 Å². The Morgan fingerprint density at radius 1 is 1.33 bits per heavy atom. The fourth-order valence-electron chi connectivity index (χ4n) is 1.54. The van der Waals surface area contributed by atoms with Gasteiger partial charge in [0.2, 0.25) is 0 Å². The Balaban J connectivity index is 2.56. The molecule has 0 aliphatic carbocycles. The number of carbonyl (C=O) groups is 1. The van der Waals surface area contributed by atoms with Gasteiger partial charge in [0.05, 0.1) is 18.8 Å². The third kappa shape index (κ3) is 2.00. The van der Waals surface area contributed by atoms with Crippen LogP contribution in [0.15, 0.2) is 16.6 Å². The fourth-order valence-corrected chi connectivity index (χ4v) is 2.13. The summed E-state index contributed by atoms with van der Waals surface area (Å²) in [7, 11) is 0. The van der Waals surface area contributed by atoms with Crippen LogP contribution in [0.25, 0.3) is 0 Å². The van der Waals surface area contributed by atoms with Crippen molar-refractivity contribution in [1.29, 1.82) is 0 Å². The molecular formula is C11H11BrO3. The van der Waals surface area contributed by atoms with Crippen LogP contribution < -0.4 is 9.47 Å². The number of hydrogen-bond acceptors (Lipinski definition) is 3. The van der Waals surface area contributed by atoms with Crippen molar-refractivity contribution in [3.05, 3.63) is 22.2 Å². The molecule has 4 heteroatoms. The maximum Gasteiger partial charge on any atom is 0.173 e. The highest BCUT2D eigenvalue weighted by Crippen LogP contribution is 2.37. The lowest BCUT2D eigenvalue weighted by Gasteiger charge is -2.11. The van der Waals surface area contributed by atoms with Crippen LogP contribution in [0.4, 0.5) is 0 Å². The minimum absolute atomic E-state index is 0.0239. The lowest BCUT2D eigenvalue weighted by Crippen LogP contribution is -2.02. The number of Topliss-reactive ketones (excluding diaryl/α,β-unsaturated/α-hetero) is 1.